The summed E-state index contributed by atoms with van der Waals surface area (Å²) in [6.45, 7) is 4.59. The first-order chi connectivity index (χ1) is 8.26. The molecular formula is C13H16N2O2. The zero-order valence-corrected chi connectivity index (χ0v) is 9.63. The molecule has 0 aliphatic heterocycles. The molecule has 1 rings (SSSR count). The van der Waals surface area contributed by atoms with Crippen molar-refractivity contribution in [2.45, 2.75) is 6.61 Å². The van der Waals surface area contributed by atoms with E-state index in [-0.39, 0.29) is 13.2 Å². The van der Waals surface area contributed by atoms with Crippen molar-refractivity contribution in [3.63, 3.8) is 0 Å². The average molecular weight is 232 g/mol. The lowest BCUT2D eigenvalue weighted by atomic mass is 10.1. The molecule has 1 aromatic rings. The second kappa shape index (κ2) is 6.69. The number of aliphatic hydroxyl groups excluding tert-OH is 2. The average Bonchev–Trinajstić information content (AvgIpc) is 2.37. The normalized spacial score (nSPS) is 9.71. The molecule has 1 aromatic carbocycles. The van der Waals surface area contributed by atoms with Gasteiger partial charge in [0.25, 0.3) is 0 Å². The molecule has 0 unspecified atom stereocenters. The first-order valence-electron chi connectivity index (χ1n) is 5.37. The molecule has 0 bridgehead atoms. The number of rotatable bonds is 6. The van der Waals surface area contributed by atoms with E-state index in [1.807, 2.05) is 4.90 Å². The number of hydrogen-bond acceptors (Lipinski definition) is 4. The van der Waals surface area contributed by atoms with Gasteiger partial charge >= 0.3 is 0 Å². The van der Waals surface area contributed by atoms with Crippen LogP contribution in [0, 0.1) is 11.3 Å². The van der Waals surface area contributed by atoms with Crippen LogP contribution >= 0.6 is 0 Å². The van der Waals surface area contributed by atoms with Crippen LogP contribution in [0.1, 0.15) is 11.1 Å². The standard InChI is InChI=1S/C13H16N2O2/c1-2-5-15(6-7-16)13-4-3-11(10-17)8-12(13)9-14/h2-4,8,16-17H,1,5-7,10H2. The molecule has 0 saturated carbocycles. The van der Waals surface area contributed by atoms with E-state index in [0.29, 0.717) is 24.2 Å². The number of nitrogens with zero attached hydrogens (tertiary/aromatic N) is 2. The van der Waals surface area contributed by atoms with Crippen molar-refractivity contribution in [1.82, 2.24) is 0 Å². The van der Waals surface area contributed by atoms with Gasteiger partial charge in [0.1, 0.15) is 6.07 Å². The lowest BCUT2D eigenvalue weighted by molar-refractivity contribution is 0.282. The number of benzene rings is 1. The molecule has 0 saturated heterocycles. The number of anilines is 1. The smallest absolute Gasteiger partial charge is 0.101 e. The summed E-state index contributed by atoms with van der Waals surface area (Å²) in [6, 6.07) is 7.30. The van der Waals surface area contributed by atoms with Gasteiger partial charge in [0, 0.05) is 13.1 Å². The Labute approximate surface area is 101 Å². The van der Waals surface area contributed by atoms with Crippen LogP contribution < -0.4 is 4.90 Å². The summed E-state index contributed by atoms with van der Waals surface area (Å²) in [5, 5.41) is 27.1. The van der Waals surface area contributed by atoms with E-state index in [4.69, 9.17) is 15.5 Å². The topological polar surface area (TPSA) is 67.5 Å². The van der Waals surface area contributed by atoms with Gasteiger partial charge in [-0.05, 0) is 17.7 Å². The van der Waals surface area contributed by atoms with Crippen LogP contribution in [0.5, 0.6) is 0 Å². The molecule has 0 aromatic heterocycles. The van der Waals surface area contributed by atoms with E-state index < -0.39 is 0 Å². The van der Waals surface area contributed by atoms with Gasteiger partial charge in [-0.15, -0.1) is 6.58 Å². The van der Waals surface area contributed by atoms with Gasteiger partial charge in [-0.25, -0.2) is 0 Å². The summed E-state index contributed by atoms with van der Waals surface area (Å²) < 4.78 is 0. The molecule has 2 N–H and O–H groups in total. The van der Waals surface area contributed by atoms with E-state index >= 15 is 0 Å². The fourth-order valence-electron chi connectivity index (χ4n) is 1.63. The summed E-state index contributed by atoms with van der Waals surface area (Å²) in [5.74, 6) is 0. The molecule has 0 spiro atoms. The van der Waals surface area contributed by atoms with Crippen LogP contribution in [0.4, 0.5) is 5.69 Å². The lowest BCUT2D eigenvalue weighted by Crippen LogP contribution is -2.27. The van der Waals surface area contributed by atoms with Gasteiger partial charge in [-0.3, -0.25) is 0 Å². The Morgan fingerprint density at radius 3 is 2.71 bits per heavy atom. The maximum atomic E-state index is 9.08. The van der Waals surface area contributed by atoms with Gasteiger partial charge < -0.3 is 15.1 Å². The minimum Gasteiger partial charge on any atom is -0.395 e. The summed E-state index contributed by atoms with van der Waals surface area (Å²) in [6.07, 6.45) is 1.72. The molecule has 0 radical (unpaired) electrons. The quantitative estimate of drug-likeness (QED) is 0.719. The molecule has 0 atom stereocenters. The molecule has 0 fully saturated rings. The SMILES string of the molecule is C=CCN(CCO)c1ccc(CO)cc1C#N. The van der Waals surface area contributed by atoms with Crippen molar-refractivity contribution in [1.29, 1.82) is 5.26 Å². The Kier molecular flexibility index (Phi) is 5.21. The summed E-state index contributed by atoms with van der Waals surface area (Å²) in [5.41, 5.74) is 1.94. The first-order valence-corrected chi connectivity index (χ1v) is 5.37. The molecule has 0 aliphatic carbocycles. The lowest BCUT2D eigenvalue weighted by Gasteiger charge is -2.23. The van der Waals surface area contributed by atoms with E-state index in [1.165, 1.54) is 0 Å². The second-order valence-corrected chi connectivity index (χ2v) is 3.58. The van der Waals surface area contributed by atoms with Crippen LogP contribution in [0.2, 0.25) is 0 Å². The molecule has 4 heteroatoms. The predicted molar refractivity (Wildman–Crippen MR) is 66.6 cm³/mol. The highest BCUT2D eigenvalue weighted by atomic mass is 16.3. The molecule has 4 nitrogen and oxygen atoms in total. The van der Waals surface area contributed by atoms with E-state index in [9.17, 15) is 0 Å². The number of nitriles is 1. The Balaban J connectivity index is 3.09. The predicted octanol–water partition coefficient (Wildman–Crippen LogP) is 1.04. The van der Waals surface area contributed by atoms with Crippen molar-refractivity contribution >= 4 is 5.69 Å². The Hall–Kier alpha value is -1.83. The molecule has 0 aliphatic rings. The van der Waals surface area contributed by atoms with Crippen molar-refractivity contribution in [2.75, 3.05) is 24.6 Å². The zero-order chi connectivity index (χ0) is 12.7. The Bertz CT molecular complexity index is 424. The number of hydrogen-bond donors (Lipinski definition) is 2. The third-order valence-electron chi connectivity index (χ3n) is 2.42. The first kappa shape index (κ1) is 13.2. The highest BCUT2D eigenvalue weighted by molar-refractivity contribution is 5.60. The molecule has 0 heterocycles. The highest BCUT2D eigenvalue weighted by Crippen LogP contribution is 2.21. The monoisotopic (exact) mass is 232 g/mol. The van der Waals surface area contributed by atoms with Gasteiger partial charge in [-0.1, -0.05) is 12.1 Å². The Morgan fingerprint density at radius 1 is 1.41 bits per heavy atom. The summed E-state index contributed by atoms with van der Waals surface area (Å²) >= 11 is 0. The van der Waals surface area contributed by atoms with Crippen molar-refractivity contribution in [3.05, 3.63) is 42.0 Å². The van der Waals surface area contributed by atoms with Gasteiger partial charge in [0.15, 0.2) is 0 Å². The van der Waals surface area contributed by atoms with Gasteiger partial charge in [0.2, 0.25) is 0 Å². The van der Waals surface area contributed by atoms with Crippen LogP contribution in [0.15, 0.2) is 30.9 Å². The van der Waals surface area contributed by atoms with Crippen LogP contribution in [0.25, 0.3) is 0 Å². The second-order valence-electron chi connectivity index (χ2n) is 3.58. The maximum Gasteiger partial charge on any atom is 0.101 e. The van der Waals surface area contributed by atoms with Crippen molar-refractivity contribution < 1.29 is 10.2 Å². The van der Waals surface area contributed by atoms with Crippen LogP contribution in [-0.4, -0.2) is 29.9 Å². The van der Waals surface area contributed by atoms with E-state index in [0.717, 1.165) is 5.69 Å². The highest BCUT2D eigenvalue weighted by Gasteiger charge is 2.10. The largest absolute Gasteiger partial charge is 0.395 e. The van der Waals surface area contributed by atoms with Crippen molar-refractivity contribution in [3.8, 4) is 6.07 Å². The Morgan fingerprint density at radius 2 is 2.18 bits per heavy atom. The van der Waals surface area contributed by atoms with Crippen molar-refractivity contribution in [2.24, 2.45) is 0 Å². The van der Waals surface area contributed by atoms with Crippen LogP contribution in [0.3, 0.4) is 0 Å². The molecule has 90 valence electrons. The van der Waals surface area contributed by atoms with Gasteiger partial charge in [0.05, 0.1) is 24.5 Å². The fourth-order valence-corrected chi connectivity index (χ4v) is 1.63. The summed E-state index contributed by atoms with van der Waals surface area (Å²) in [7, 11) is 0. The molecular weight excluding hydrogens is 216 g/mol. The minimum absolute atomic E-state index is 0.0143. The zero-order valence-electron chi connectivity index (χ0n) is 9.63. The number of aliphatic hydroxyl groups is 2. The molecule has 17 heavy (non-hydrogen) atoms. The molecule has 0 amide bonds. The third-order valence-corrected chi connectivity index (χ3v) is 2.42. The van der Waals surface area contributed by atoms with E-state index in [2.05, 4.69) is 12.6 Å². The summed E-state index contributed by atoms with van der Waals surface area (Å²) in [4.78, 5) is 1.87. The fraction of sp³-hybridized carbons (Fsp3) is 0.308. The van der Waals surface area contributed by atoms with Crippen LogP contribution in [-0.2, 0) is 6.61 Å². The minimum atomic E-state index is -0.0869. The van der Waals surface area contributed by atoms with Gasteiger partial charge in [-0.2, -0.15) is 5.26 Å². The van der Waals surface area contributed by atoms with E-state index in [1.54, 1.807) is 24.3 Å². The third kappa shape index (κ3) is 3.31. The maximum absolute atomic E-state index is 9.08.